The van der Waals surface area contributed by atoms with Crippen LogP contribution < -0.4 is 10.0 Å². The molecule has 1 heterocycles. The van der Waals surface area contributed by atoms with Crippen molar-refractivity contribution in [2.45, 2.75) is 11.4 Å². The van der Waals surface area contributed by atoms with Crippen molar-refractivity contribution in [3.63, 3.8) is 0 Å². The third kappa shape index (κ3) is 4.75. The lowest BCUT2D eigenvalue weighted by molar-refractivity contribution is 0.204. The van der Waals surface area contributed by atoms with Crippen LogP contribution in [0.25, 0.3) is 0 Å². The van der Waals surface area contributed by atoms with E-state index >= 15 is 0 Å². The monoisotopic (exact) mass is 342 g/mol. The Labute approximate surface area is 134 Å². The Morgan fingerprint density at radius 3 is 2.78 bits per heavy atom. The van der Waals surface area contributed by atoms with Gasteiger partial charge in [-0.05, 0) is 24.3 Å². The maximum atomic E-state index is 13.5. The Bertz CT molecular complexity index is 761. The maximum absolute atomic E-state index is 13.5. The average Bonchev–Trinajstić information content (AvgIpc) is 2.91. The number of nitrogens with one attached hydrogen (secondary N) is 2. The van der Waals surface area contributed by atoms with Gasteiger partial charge in [0.25, 0.3) is 0 Å². The number of aryl methyl sites for hydroxylation is 1. The van der Waals surface area contributed by atoms with Gasteiger partial charge in [-0.25, -0.2) is 17.5 Å². The summed E-state index contributed by atoms with van der Waals surface area (Å²) in [5, 5.41) is 7.17. The van der Waals surface area contributed by atoms with Crippen molar-refractivity contribution in [1.82, 2.24) is 14.5 Å². The second kappa shape index (κ2) is 7.53. The van der Waals surface area contributed by atoms with Gasteiger partial charge in [0.2, 0.25) is 10.0 Å². The van der Waals surface area contributed by atoms with E-state index in [1.165, 1.54) is 19.2 Å². The molecule has 0 unspecified atom stereocenters. The molecule has 0 radical (unpaired) electrons. The highest BCUT2D eigenvalue weighted by Gasteiger charge is 2.19. The number of methoxy groups -OCH3 is 1. The molecule has 0 saturated heterocycles. The molecular formula is C14H19FN4O3S. The highest BCUT2D eigenvalue weighted by atomic mass is 32.2. The fourth-order valence-corrected chi connectivity index (χ4v) is 3.17. The standard InChI is InChI=1S/C14H19FN4O3S/c1-19-7-5-12(18-19)10-16-13-4-3-11(15)9-14(13)23(20,21)17-6-8-22-2/h3-5,7,9,16-17H,6,8,10H2,1-2H3. The lowest BCUT2D eigenvalue weighted by Gasteiger charge is -2.13. The number of ether oxygens (including phenoxy) is 1. The van der Waals surface area contributed by atoms with Crippen LogP contribution in [0.1, 0.15) is 5.69 Å². The van der Waals surface area contributed by atoms with E-state index < -0.39 is 15.8 Å². The second-order valence-electron chi connectivity index (χ2n) is 4.87. The van der Waals surface area contributed by atoms with E-state index in [4.69, 9.17) is 4.74 Å². The largest absolute Gasteiger partial charge is 0.383 e. The molecule has 2 rings (SSSR count). The van der Waals surface area contributed by atoms with Crippen LogP contribution in [0, 0.1) is 5.82 Å². The zero-order chi connectivity index (χ0) is 16.9. The molecule has 2 aromatic rings. The summed E-state index contributed by atoms with van der Waals surface area (Å²) < 4.78 is 46.9. The molecule has 1 aromatic heterocycles. The zero-order valence-corrected chi connectivity index (χ0v) is 13.7. The van der Waals surface area contributed by atoms with E-state index in [-0.39, 0.29) is 18.0 Å². The van der Waals surface area contributed by atoms with Gasteiger partial charge in [-0.3, -0.25) is 4.68 Å². The second-order valence-corrected chi connectivity index (χ2v) is 6.60. The topological polar surface area (TPSA) is 85.2 Å². The van der Waals surface area contributed by atoms with Gasteiger partial charge in [0.1, 0.15) is 10.7 Å². The Morgan fingerprint density at radius 1 is 1.35 bits per heavy atom. The molecule has 0 atom stereocenters. The number of nitrogens with zero attached hydrogens (tertiary/aromatic N) is 2. The first-order chi connectivity index (χ1) is 10.9. The lowest BCUT2D eigenvalue weighted by Crippen LogP contribution is -2.28. The molecule has 0 aliphatic heterocycles. The van der Waals surface area contributed by atoms with Gasteiger partial charge in [-0.2, -0.15) is 5.10 Å². The summed E-state index contributed by atoms with van der Waals surface area (Å²) >= 11 is 0. The molecular weight excluding hydrogens is 323 g/mol. The van der Waals surface area contributed by atoms with Crippen LogP contribution in [0.4, 0.5) is 10.1 Å². The Kier molecular flexibility index (Phi) is 5.69. The van der Waals surface area contributed by atoms with Crippen LogP contribution in [0.15, 0.2) is 35.4 Å². The molecule has 0 fully saturated rings. The minimum atomic E-state index is -3.84. The average molecular weight is 342 g/mol. The molecule has 0 amide bonds. The number of sulfonamides is 1. The van der Waals surface area contributed by atoms with Crippen molar-refractivity contribution < 1.29 is 17.5 Å². The van der Waals surface area contributed by atoms with Crippen LogP contribution in [-0.4, -0.2) is 38.5 Å². The highest BCUT2D eigenvalue weighted by Crippen LogP contribution is 2.22. The van der Waals surface area contributed by atoms with Gasteiger partial charge >= 0.3 is 0 Å². The summed E-state index contributed by atoms with van der Waals surface area (Å²) in [5.74, 6) is -0.625. The number of halogens is 1. The number of hydrogen-bond donors (Lipinski definition) is 2. The summed E-state index contributed by atoms with van der Waals surface area (Å²) in [6, 6.07) is 5.38. The van der Waals surface area contributed by atoms with Crippen molar-refractivity contribution in [2.75, 3.05) is 25.6 Å². The normalized spacial score (nSPS) is 11.6. The molecule has 0 saturated carbocycles. The maximum Gasteiger partial charge on any atom is 0.242 e. The van der Waals surface area contributed by atoms with Crippen molar-refractivity contribution in [3.05, 3.63) is 42.0 Å². The number of aromatic nitrogens is 2. The van der Waals surface area contributed by atoms with Crippen LogP contribution in [-0.2, 0) is 28.4 Å². The fourth-order valence-electron chi connectivity index (χ4n) is 1.96. The molecule has 0 aliphatic rings. The minimum Gasteiger partial charge on any atom is -0.383 e. The fraction of sp³-hybridized carbons (Fsp3) is 0.357. The van der Waals surface area contributed by atoms with E-state index in [1.54, 1.807) is 17.9 Å². The highest BCUT2D eigenvalue weighted by molar-refractivity contribution is 7.89. The predicted molar refractivity (Wildman–Crippen MR) is 84.0 cm³/mol. The third-order valence-electron chi connectivity index (χ3n) is 3.06. The SMILES string of the molecule is COCCNS(=O)(=O)c1cc(F)ccc1NCc1ccn(C)n1. The lowest BCUT2D eigenvalue weighted by atomic mass is 10.3. The molecule has 126 valence electrons. The molecule has 0 spiro atoms. The first-order valence-electron chi connectivity index (χ1n) is 6.93. The van der Waals surface area contributed by atoms with Crippen molar-refractivity contribution in [1.29, 1.82) is 0 Å². The summed E-state index contributed by atoms with van der Waals surface area (Å²) in [5.41, 5.74) is 1.05. The van der Waals surface area contributed by atoms with Gasteiger partial charge in [0.15, 0.2) is 0 Å². The van der Waals surface area contributed by atoms with E-state index in [1.807, 2.05) is 6.07 Å². The quantitative estimate of drug-likeness (QED) is 0.702. The summed E-state index contributed by atoms with van der Waals surface area (Å²) in [6.45, 7) is 0.660. The first kappa shape index (κ1) is 17.4. The van der Waals surface area contributed by atoms with E-state index in [0.717, 1.165) is 11.8 Å². The summed E-state index contributed by atoms with van der Waals surface area (Å²) in [7, 11) is -0.586. The molecule has 0 bridgehead atoms. The van der Waals surface area contributed by atoms with E-state index in [2.05, 4.69) is 15.1 Å². The molecule has 9 heteroatoms. The van der Waals surface area contributed by atoms with E-state index in [9.17, 15) is 12.8 Å². The molecule has 23 heavy (non-hydrogen) atoms. The number of rotatable bonds is 8. The van der Waals surface area contributed by atoms with Crippen LogP contribution in [0.3, 0.4) is 0 Å². The zero-order valence-electron chi connectivity index (χ0n) is 12.9. The number of hydrogen-bond acceptors (Lipinski definition) is 5. The molecule has 1 aromatic carbocycles. The van der Waals surface area contributed by atoms with Crippen LogP contribution in [0.5, 0.6) is 0 Å². The predicted octanol–water partition coefficient (Wildman–Crippen LogP) is 1.10. The molecule has 0 aliphatic carbocycles. The number of benzene rings is 1. The third-order valence-corrected chi connectivity index (χ3v) is 4.56. The van der Waals surface area contributed by atoms with Crippen molar-refractivity contribution in [2.24, 2.45) is 7.05 Å². The summed E-state index contributed by atoms with van der Waals surface area (Å²) in [4.78, 5) is -0.149. The van der Waals surface area contributed by atoms with Gasteiger partial charge in [0.05, 0.1) is 24.5 Å². The van der Waals surface area contributed by atoms with E-state index in [0.29, 0.717) is 12.2 Å². The van der Waals surface area contributed by atoms with Crippen molar-refractivity contribution >= 4 is 15.7 Å². The Balaban J connectivity index is 2.19. The Hall–Kier alpha value is -1.97. The van der Waals surface area contributed by atoms with Gasteiger partial charge in [-0.1, -0.05) is 0 Å². The Morgan fingerprint density at radius 2 is 2.13 bits per heavy atom. The van der Waals surface area contributed by atoms with Crippen molar-refractivity contribution in [3.8, 4) is 0 Å². The van der Waals surface area contributed by atoms with Crippen LogP contribution >= 0.6 is 0 Å². The summed E-state index contributed by atoms with van der Waals surface area (Å²) in [6.07, 6.45) is 1.78. The first-order valence-corrected chi connectivity index (χ1v) is 8.41. The smallest absolute Gasteiger partial charge is 0.242 e. The van der Waals surface area contributed by atoms with Gasteiger partial charge in [-0.15, -0.1) is 0 Å². The number of anilines is 1. The van der Waals surface area contributed by atoms with Gasteiger partial charge < -0.3 is 10.1 Å². The van der Waals surface area contributed by atoms with Crippen LogP contribution in [0.2, 0.25) is 0 Å². The molecule has 2 N–H and O–H groups in total. The molecule has 7 nitrogen and oxygen atoms in total. The van der Waals surface area contributed by atoms with Gasteiger partial charge in [0, 0.05) is 26.9 Å². The minimum absolute atomic E-state index is 0.106.